The molecule has 0 heterocycles. The zero-order valence-electron chi connectivity index (χ0n) is 9.97. The predicted octanol–water partition coefficient (Wildman–Crippen LogP) is 4.89. The van der Waals surface area contributed by atoms with E-state index >= 15 is 0 Å². The molecule has 0 nitrogen and oxygen atoms in total. The summed E-state index contributed by atoms with van der Waals surface area (Å²) in [6.07, 6.45) is 8.92. The van der Waals surface area contributed by atoms with E-state index < -0.39 is 0 Å². The summed E-state index contributed by atoms with van der Waals surface area (Å²) in [5.74, 6) is 0.634. The minimum absolute atomic E-state index is 0.634. The summed E-state index contributed by atoms with van der Waals surface area (Å²) in [4.78, 5) is 0. The summed E-state index contributed by atoms with van der Waals surface area (Å²) < 4.78 is 0. The van der Waals surface area contributed by atoms with Gasteiger partial charge in [-0.25, -0.2) is 0 Å². The third kappa shape index (κ3) is 5.80. The highest BCUT2D eigenvalue weighted by atomic mass is 14.1. The van der Waals surface area contributed by atoms with E-state index in [1.165, 1.54) is 17.6 Å². The average molecular weight is 192 g/mol. The van der Waals surface area contributed by atoms with E-state index in [4.69, 9.17) is 0 Å². The Labute approximate surface area is 89.4 Å². The lowest BCUT2D eigenvalue weighted by Crippen LogP contribution is -1.99. The fourth-order valence-electron chi connectivity index (χ4n) is 1.37. The molecule has 0 bridgehead atoms. The Balaban J connectivity index is 4.09. The third-order valence-corrected chi connectivity index (χ3v) is 2.72. The van der Waals surface area contributed by atoms with Gasteiger partial charge in [0.15, 0.2) is 0 Å². The molecule has 0 aromatic carbocycles. The van der Waals surface area contributed by atoms with E-state index in [9.17, 15) is 0 Å². The maximum Gasteiger partial charge on any atom is -0.0171 e. The van der Waals surface area contributed by atoms with Gasteiger partial charge in [-0.2, -0.15) is 0 Å². The van der Waals surface area contributed by atoms with E-state index in [-0.39, 0.29) is 0 Å². The van der Waals surface area contributed by atoms with Gasteiger partial charge in [0.1, 0.15) is 0 Å². The minimum atomic E-state index is 0.634. The molecule has 0 fully saturated rings. The molecular formula is C14H24. The molecule has 0 heteroatoms. The largest absolute Gasteiger partial charge is 0.103 e. The lowest BCUT2D eigenvalue weighted by molar-refractivity contribution is 0.573. The molecule has 0 amide bonds. The lowest BCUT2D eigenvalue weighted by Gasteiger charge is -2.14. The highest BCUT2D eigenvalue weighted by molar-refractivity contribution is 5.04. The van der Waals surface area contributed by atoms with Crippen LogP contribution in [0.5, 0.6) is 0 Å². The van der Waals surface area contributed by atoms with Crippen LogP contribution in [-0.2, 0) is 0 Å². The summed E-state index contributed by atoms with van der Waals surface area (Å²) in [6, 6.07) is 0. The van der Waals surface area contributed by atoms with Gasteiger partial charge in [-0.3, -0.25) is 0 Å². The van der Waals surface area contributed by atoms with Crippen LogP contribution >= 0.6 is 0 Å². The fourth-order valence-corrected chi connectivity index (χ4v) is 1.37. The van der Waals surface area contributed by atoms with Gasteiger partial charge < -0.3 is 0 Å². The number of rotatable bonds is 7. The Morgan fingerprint density at radius 1 is 1.36 bits per heavy atom. The van der Waals surface area contributed by atoms with Gasteiger partial charge in [0, 0.05) is 0 Å². The van der Waals surface area contributed by atoms with Crippen molar-refractivity contribution >= 4 is 0 Å². The monoisotopic (exact) mass is 192 g/mol. The van der Waals surface area contributed by atoms with Crippen molar-refractivity contribution in [2.45, 2.75) is 46.5 Å². The molecule has 0 aliphatic rings. The van der Waals surface area contributed by atoms with Crippen LogP contribution < -0.4 is 0 Å². The Morgan fingerprint density at radius 3 is 2.43 bits per heavy atom. The van der Waals surface area contributed by atoms with E-state index in [1.807, 2.05) is 6.08 Å². The average Bonchev–Trinajstić information content (AvgIpc) is 2.16. The molecule has 0 aromatic rings. The number of hydrogen-bond acceptors (Lipinski definition) is 0. The molecule has 0 spiro atoms. The van der Waals surface area contributed by atoms with Crippen molar-refractivity contribution in [3.63, 3.8) is 0 Å². The van der Waals surface area contributed by atoms with Crippen LogP contribution in [0.4, 0.5) is 0 Å². The van der Waals surface area contributed by atoms with Gasteiger partial charge in [0.2, 0.25) is 0 Å². The first kappa shape index (κ1) is 13.2. The van der Waals surface area contributed by atoms with Crippen molar-refractivity contribution in [2.24, 2.45) is 5.92 Å². The lowest BCUT2D eigenvalue weighted by atomic mass is 9.92. The maximum absolute atomic E-state index is 4.05. The molecule has 0 rings (SSSR count). The second-order valence-corrected chi connectivity index (χ2v) is 4.05. The summed E-state index contributed by atoms with van der Waals surface area (Å²) in [6.45, 7) is 14.3. The summed E-state index contributed by atoms with van der Waals surface area (Å²) in [5.41, 5.74) is 2.78. The Kier molecular flexibility index (Phi) is 7.18. The first-order chi connectivity index (χ1) is 6.61. The third-order valence-electron chi connectivity index (χ3n) is 2.72. The smallest absolute Gasteiger partial charge is 0.0171 e. The van der Waals surface area contributed by atoms with Gasteiger partial charge >= 0.3 is 0 Å². The van der Waals surface area contributed by atoms with Gasteiger partial charge in [-0.15, -0.1) is 6.58 Å². The highest BCUT2D eigenvalue weighted by Gasteiger charge is 2.06. The zero-order chi connectivity index (χ0) is 11.0. The van der Waals surface area contributed by atoms with Crippen molar-refractivity contribution in [1.29, 1.82) is 0 Å². The molecule has 0 aliphatic heterocycles. The Bertz CT molecular complexity index is 208. The highest BCUT2D eigenvalue weighted by Crippen LogP contribution is 2.21. The van der Waals surface area contributed by atoms with E-state index in [0.29, 0.717) is 5.92 Å². The topological polar surface area (TPSA) is 0 Å². The van der Waals surface area contributed by atoms with Crippen LogP contribution in [-0.4, -0.2) is 0 Å². The minimum Gasteiger partial charge on any atom is -0.103 e. The van der Waals surface area contributed by atoms with E-state index in [0.717, 1.165) is 19.3 Å². The standard InChI is InChI=1S/C14H24/c1-6-8-9-14(12(3)4)11-10-13(5)7-2/h6,10,14H,1,3,7-9,11H2,2,4-5H3/b13-10-. The van der Waals surface area contributed by atoms with Gasteiger partial charge in [-0.1, -0.05) is 36.8 Å². The predicted molar refractivity (Wildman–Crippen MR) is 66.4 cm³/mol. The zero-order valence-corrected chi connectivity index (χ0v) is 9.97. The second kappa shape index (κ2) is 7.61. The first-order valence-corrected chi connectivity index (χ1v) is 5.53. The van der Waals surface area contributed by atoms with Crippen LogP contribution in [0.2, 0.25) is 0 Å². The van der Waals surface area contributed by atoms with Crippen molar-refractivity contribution in [3.05, 3.63) is 36.5 Å². The number of hydrogen-bond donors (Lipinski definition) is 0. The van der Waals surface area contributed by atoms with Gasteiger partial charge in [0.25, 0.3) is 0 Å². The Hall–Kier alpha value is -0.780. The summed E-state index contributed by atoms with van der Waals surface area (Å²) in [7, 11) is 0. The van der Waals surface area contributed by atoms with Crippen molar-refractivity contribution in [2.75, 3.05) is 0 Å². The van der Waals surface area contributed by atoms with Crippen LogP contribution in [0, 0.1) is 5.92 Å². The molecule has 0 aromatic heterocycles. The molecule has 0 saturated carbocycles. The van der Waals surface area contributed by atoms with Crippen molar-refractivity contribution in [1.82, 2.24) is 0 Å². The first-order valence-electron chi connectivity index (χ1n) is 5.53. The summed E-state index contributed by atoms with van der Waals surface area (Å²) in [5, 5.41) is 0. The molecule has 14 heavy (non-hydrogen) atoms. The molecule has 0 saturated heterocycles. The van der Waals surface area contributed by atoms with Crippen LogP contribution in [0.15, 0.2) is 36.5 Å². The molecule has 1 atom stereocenters. The molecular weight excluding hydrogens is 168 g/mol. The molecule has 1 unspecified atom stereocenters. The van der Waals surface area contributed by atoms with E-state index in [1.54, 1.807) is 0 Å². The van der Waals surface area contributed by atoms with Gasteiger partial charge in [0.05, 0.1) is 0 Å². The van der Waals surface area contributed by atoms with Crippen LogP contribution in [0.3, 0.4) is 0 Å². The maximum atomic E-state index is 4.05. The summed E-state index contributed by atoms with van der Waals surface area (Å²) >= 11 is 0. The Morgan fingerprint density at radius 2 is 2.00 bits per heavy atom. The SMILES string of the molecule is C=CCCC(C/C=C(/C)CC)C(=C)C. The molecule has 0 N–H and O–H groups in total. The van der Waals surface area contributed by atoms with Crippen molar-refractivity contribution < 1.29 is 0 Å². The normalized spacial score (nSPS) is 13.8. The molecule has 80 valence electrons. The van der Waals surface area contributed by atoms with E-state index in [2.05, 4.69) is 40.0 Å². The fraction of sp³-hybridized carbons (Fsp3) is 0.571. The quantitative estimate of drug-likeness (QED) is 0.504. The van der Waals surface area contributed by atoms with Crippen LogP contribution in [0.1, 0.15) is 46.5 Å². The van der Waals surface area contributed by atoms with Crippen molar-refractivity contribution in [3.8, 4) is 0 Å². The number of allylic oxidation sites excluding steroid dienone is 4. The molecule has 0 aliphatic carbocycles. The second-order valence-electron chi connectivity index (χ2n) is 4.05. The van der Waals surface area contributed by atoms with Crippen LogP contribution in [0.25, 0.3) is 0 Å². The molecule has 0 radical (unpaired) electrons. The van der Waals surface area contributed by atoms with Gasteiger partial charge in [-0.05, 0) is 45.4 Å².